The number of carbonyl (C=O) groups is 3. The number of amides is 2. The molecule has 1 unspecified atom stereocenters. The van der Waals surface area contributed by atoms with E-state index in [4.69, 9.17) is 9.84 Å². The van der Waals surface area contributed by atoms with Gasteiger partial charge in [-0.2, -0.15) is 0 Å². The number of benzene rings is 1. The van der Waals surface area contributed by atoms with Crippen molar-refractivity contribution in [3.8, 4) is 5.75 Å². The first-order chi connectivity index (χ1) is 11.4. The SMILES string of the molecule is CC(=O)c1cc(OCCO)ccc1C(=O)NC1CCC(=O)N([O-])C1. The topological polar surface area (TPSA) is 119 Å². The van der Waals surface area contributed by atoms with Gasteiger partial charge in [0.25, 0.3) is 5.91 Å². The molecule has 0 saturated carbocycles. The lowest BCUT2D eigenvalue weighted by Crippen LogP contribution is -2.48. The number of ether oxygens (including phenoxy) is 1. The summed E-state index contributed by atoms with van der Waals surface area (Å²) in [6.45, 7) is 1.15. The minimum absolute atomic E-state index is 0.0817. The van der Waals surface area contributed by atoms with Gasteiger partial charge in [-0.3, -0.25) is 14.4 Å². The highest BCUT2D eigenvalue weighted by molar-refractivity contribution is 6.07. The van der Waals surface area contributed by atoms with Crippen LogP contribution in [-0.4, -0.2) is 53.6 Å². The normalized spacial score (nSPS) is 17.5. The summed E-state index contributed by atoms with van der Waals surface area (Å²) in [5.74, 6) is -0.907. The van der Waals surface area contributed by atoms with Crippen molar-refractivity contribution in [1.29, 1.82) is 0 Å². The van der Waals surface area contributed by atoms with E-state index in [0.717, 1.165) is 0 Å². The van der Waals surface area contributed by atoms with Gasteiger partial charge in [0.2, 0.25) is 5.91 Å². The number of carbonyl (C=O) groups excluding carboxylic acids is 3. The molecule has 2 N–H and O–H groups in total. The van der Waals surface area contributed by atoms with Gasteiger partial charge in [0.05, 0.1) is 12.2 Å². The van der Waals surface area contributed by atoms with E-state index in [1.165, 1.54) is 25.1 Å². The third kappa shape index (κ3) is 4.30. The predicted octanol–water partition coefficient (Wildman–Crippen LogP) is 0.479. The van der Waals surface area contributed by atoms with Crippen molar-refractivity contribution >= 4 is 17.6 Å². The Kier molecular flexibility index (Phi) is 5.88. The molecule has 1 aliphatic rings. The molecule has 1 fully saturated rings. The highest BCUT2D eigenvalue weighted by atomic mass is 16.5. The molecule has 2 amide bonds. The van der Waals surface area contributed by atoms with Crippen LogP contribution >= 0.6 is 0 Å². The van der Waals surface area contributed by atoms with E-state index in [2.05, 4.69) is 5.32 Å². The molecule has 1 aliphatic heterocycles. The maximum Gasteiger partial charge on any atom is 0.252 e. The summed E-state index contributed by atoms with van der Waals surface area (Å²) < 4.78 is 5.24. The van der Waals surface area contributed by atoms with E-state index in [0.29, 0.717) is 17.2 Å². The zero-order chi connectivity index (χ0) is 17.7. The molecule has 24 heavy (non-hydrogen) atoms. The lowest BCUT2D eigenvalue weighted by molar-refractivity contribution is -0.131. The van der Waals surface area contributed by atoms with Crippen molar-refractivity contribution in [2.75, 3.05) is 19.8 Å². The number of ketones is 1. The number of aliphatic hydroxyl groups excluding tert-OH is 1. The molecule has 1 atom stereocenters. The molecule has 130 valence electrons. The number of hydrogen-bond acceptors (Lipinski definition) is 6. The van der Waals surface area contributed by atoms with Gasteiger partial charge in [-0.15, -0.1) is 0 Å². The highest BCUT2D eigenvalue weighted by Crippen LogP contribution is 2.20. The Morgan fingerprint density at radius 2 is 2.17 bits per heavy atom. The molecule has 0 spiro atoms. The summed E-state index contributed by atoms with van der Waals surface area (Å²) in [6.07, 6.45) is 0.471. The summed E-state index contributed by atoms with van der Waals surface area (Å²) >= 11 is 0. The van der Waals surface area contributed by atoms with Crippen LogP contribution in [-0.2, 0) is 4.79 Å². The van der Waals surface area contributed by atoms with Gasteiger partial charge in [-0.1, -0.05) is 0 Å². The van der Waals surface area contributed by atoms with E-state index in [1.54, 1.807) is 0 Å². The summed E-state index contributed by atoms with van der Waals surface area (Å²) in [6, 6.07) is 3.98. The average Bonchev–Trinajstić information content (AvgIpc) is 2.56. The monoisotopic (exact) mass is 335 g/mol. The van der Waals surface area contributed by atoms with Gasteiger partial charge in [0.1, 0.15) is 12.4 Å². The molecule has 0 aromatic heterocycles. The molecular weight excluding hydrogens is 316 g/mol. The van der Waals surface area contributed by atoms with Gasteiger partial charge >= 0.3 is 0 Å². The van der Waals surface area contributed by atoms with Gasteiger partial charge < -0.3 is 25.4 Å². The molecule has 8 nitrogen and oxygen atoms in total. The van der Waals surface area contributed by atoms with E-state index in [9.17, 15) is 19.6 Å². The van der Waals surface area contributed by atoms with Crippen molar-refractivity contribution in [3.05, 3.63) is 34.5 Å². The number of hydrogen-bond donors (Lipinski definition) is 2. The average molecular weight is 335 g/mol. The van der Waals surface area contributed by atoms with Crippen molar-refractivity contribution in [3.63, 3.8) is 0 Å². The van der Waals surface area contributed by atoms with Gasteiger partial charge in [0.15, 0.2) is 5.78 Å². The first-order valence-corrected chi connectivity index (χ1v) is 7.59. The second-order valence-corrected chi connectivity index (χ2v) is 5.50. The van der Waals surface area contributed by atoms with Crippen molar-refractivity contribution in [2.24, 2.45) is 0 Å². The molecule has 1 saturated heterocycles. The number of nitrogens with one attached hydrogen (secondary N) is 1. The van der Waals surface area contributed by atoms with Crippen molar-refractivity contribution in [1.82, 2.24) is 10.4 Å². The largest absolute Gasteiger partial charge is 0.756 e. The summed E-state index contributed by atoms with van der Waals surface area (Å²) in [5, 5.41) is 23.1. The third-order valence-electron chi connectivity index (χ3n) is 3.68. The Morgan fingerprint density at radius 3 is 2.79 bits per heavy atom. The zero-order valence-electron chi connectivity index (χ0n) is 13.3. The lowest BCUT2D eigenvalue weighted by atomic mass is 10.0. The van der Waals surface area contributed by atoms with Gasteiger partial charge in [0, 0.05) is 24.6 Å². The van der Waals surface area contributed by atoms with E-state index >= 15 is 0 Å². The fourth-order valence-electron chi connectivity index (χ4n) is 2.46. The molecule has 1 aromatic rings. The van der Waals surface area contributed by atoms with Gasteiger partial charge in [-0.05, 0) is 31.5 Å². The third-order valence-corrected chi connectivity index (χ3v) is 3.68. The number of Topliss-reactive ketones (excluding diaryl/α,β-unsaturated/α-hetero) is 1. The first kappa shape index (κ1) is 17.9. The molecule has 1 heterocycles. The van der Waals surface area contributed by atoms with Crippen molar-refractivity contribution < 1.29 is 24.2 Å². The molecular formula is C16H19N2O6-. The number of nitrogens with zero attached hydrogens (tertiary/aromatic N) is 1. The van der Waals surface area contributed by atoms with Crippen LogP contribution < -0.4 is 10.1 Å². The fourth-order valence-corrected chi connectivity index (χ4v) is 2.46. The Balaban J connectivity index is 2.13. The molecule has 2 rings (SSSR count). The number of aliphatic hydroxyl groups is 1. The number of hydroxylamine groups is 2. The second kappa shape index (κ2) is 7.89. The number of piperidine rings is 1. The fraction of sp³-hybridized carbons (Fsp3) is 0.438. The Morgan fingerprint density at radius 1 is 1.42 bits per heavy atom. The van der Waals surface area contributed by atoms with Crippen molar-refractivity contribution in [2.45, 2.75) is 25.8 Å². The van der Waals surface area contributed by atoms with Crippen LogP contribution in [0.1, 0.15) is 40.5 Å². The quantitative estimate of drug-likeness (QED) is 0.730. The molecule has 1 aromatic carbocycles. The minimum atomic E-state index is -0.490. The summed E-state index contributed by atoms with van der Waals surface area (Å²) in [5.41, 5.74) is 0.363. The maximum absolute atomic E-state index is 12.4. The maximum atomic E-state index is 12.4. The zero-order valence-corrected chi connectivity index (χ0v) is 13.3. The van der Waals surface area contributed by atoms with Gasteiger partial charge in [-0.25, -0.2) is 0 Å². The van der Waals surface area contributed by atoms with Crippen LogP contribution in [0.2, 0.25) is 0 Å². The molecule has 0 radical (unpaired) electrons. The van der Waals surface area contributed by atoms with Crippen LogP contribution in [0.5, 0.6) is 5.75 Å². The van der Waals surface area contributed by atoms with E-state index in [-0.39, 0.29) is 43.1 Å². The molecule has 0 bridgehead atoms. The standard InChI is InChI=1S/C16H19N2O6/c1-10(20)14-8-12(24-7-6-19)3-4-13(14)16(22)17-11-2-5-15(21)18(23)9-11/h3-4,8,11,19H,2,5-7,9H2,1H3,(H,17,22)/q-1. The molecule has 0 aliphatic carbocycles. The Hall–Kier alpha value is -2.45. The van der Waals surface area contributed by atoms with Crippen LogP contribution in [0.4, 0.5) is 0 Å². The van der Waals surface area contributed by atoms with E-state index in [1.807, 2.05) is 0 Å². The Labute approximate surface area is 139 Å². The summed E-state index contributed by atoms with van der Waals surface area (Å²) in [4.78, 5) is 35.4. The summed E-state index contributed by atoms with van der Waals surface area (Å²) in [7, 11) is 0. The van der Waals surface area contributed by atoms with E-state index < -0.39 is 17.9 Å². The van der Waals surface area contributed by atoms with Crippen LogP contribution in [0.3, 0.4) is 0 Å². The smallest absolute Gasteiger partial charge is 0.252 e. The van der Waals surface area contributed by atoms with Crippen LogP contribution in [0.15, 0.2) is 18.2 Å². The minimum Gasteiger partial charge on any atom is -0.756 e. The highest BCUT2D eigenvalue weighted by Gasteiger charge is 2.24. The van der Waals surface area contributed by atoms with Crippen LogP contribution in [0, 0.1) is 5.21 Å². The second-order valence-electron chi connectivity index (χ2n) is 5.50. The Bertz CT molecular complexity index is 645. The van der Waals surface area contributed by atoms with Crippen LogP contribution in [0.25, 0.3) is 0 Å². The number of rotatable bonds is 6. The molecule has 8 heteroatoms. The predicted molar refractivity (Wildman–Crippen MR) is 84.6 cm³/mol. The lowest BCUT2D eigenvalue weighted by Gasteiger charge is -2.37. The first-order valence-electron chi connectivity index (χ1n) is 7.59.